The molecule has 6 rings (SSSR count). The Morgan fingerprint density at radius 1 is 1.11 bits per heavy atom. The number of nitriles is 1. The second kappa shape index (κ2) is 7.66. The summed E-state index contributed by atoms with van der Waals surface area (Å²) < 4.78 is 28.7. The van der Waals surface area contributed by atoms with E-state index in [2.05, 4.69) is 21.0 Å². The summed E-state index contributed by atoms with van der Waals surface area (Å²) in [5, 5.41) is 15.0. The molecule has 1 fully saturated rings. The van der Waals surface area contributed by atoms with E-state index in [9.17, 15) is 13.7 Å². The number of fused-ring (bicyclic) bond motifs is 2. The van der Waals surface area contributed by atoms with E-state index in [1.54, 1.807) is 29.5 Å². The average molecular weight is 486 g/mol. The summed E-state index contributed by atoms with van der Waals surface area (Å²) in [6.07, 6.45) is 11.9. The molecule has 0 aliphatic carbocycles. The molecule has 0 saturated carbocycles. The molecule has 0 atom stereocenters. The highest BCUT2D eigenvalue weighted by Crippen LogP contribution is 2.35. The molecule has 12 heteroatoms. The van der Waals surface area contributed by atoms with E-state index in [4.69, 9.17) is 10.1 Å². The quantitative estimate of drug-likeness (QED) is 0.369. The Balaban J connectivity index is 1.45. The van der Waals surface area contributed by atoms with Gasteiger partial charge in [0.1, 0.15) is 16.9 Å². The lowest BCUT2D eigenvalue weighted by Gasteiger charge is -2.47. The van der Waals surface area contributed by atoms with Gasteiger partial charge in [-0.15, -0.1) is 0 Å². The predicted octanol–water partition coefficient (Wildman–Crippen LogP) is 2.09. The van der Waals surface area contributed by atoms with E-state index in [-0.39, 0.29) is 19.5 Å². The van der Waals surface area contributed by atoms with E-state index in [1.165, 1.54) is 10.6 Å². The maximum absolute atomic E-state index is 11.9. The van der Waals surface area contributed by atoms with Crippen LogP contribution >= 0.6 is 0 Å². The third-order valence-corrected chi connectivity index (χ3v) is 7.47. The number of imidazole rings is 1. The third-order valence-electron chi connectivity index (χ3n) is 6.28. The Hall–Kier alpha value is -4.21. The van der Waals surface area contributed by atoms with Gasteiger partial charge in [0.15, 0.2) is 0 Å². The maximum atomic E-state index is 11.9. The van der Waals surface area contributed by atoms with Crippen molar-refractivity contribution in [2.75, 3.05) is 19.3 Å². The SMILES string of the molecule is CS(=O)(=O)N1CC(CC#N)(n2ccc(-c3nc(-c4cnc5nccn5c4)cc4ncccc34)n2)C1. The summed E-state index contributed by atoms with van der Waals surface area (Å²) in [5.74, 6) is 0.595. The molecule has 5 aromatic rings. The number of aromatic nitrogens is 7. The van der Waals surface area contributed by atoms with E-state index >= 15 is 0 Å². The van der Waals surface area contributed by atoms with Crippen molar-refractivity contribution in [2.45, 2.75) is 12.0 Å². The van der Waals surface area contributed by atoms with Crippen LogP contribution in [0.2, 0.25) is 0 Å². The monoisotopic (exact) mass is 485 g/mol. The first-order valence-electron chi connectivity index (χ1n) is 10.8. The Morgan fingerprint density at radius 2 is 1.97 bits per heavy atom. The lowest BCUT2D eigenvalue weighted by Crippen LogP contribution is -2.63. The molecule has 0 radical (unpaired) electrons. The van der Waals surface area contributed by atoms with E-state index in [0.717, 1.165) is 16.5 Å². The van der Waals surface area contributed by atoms with Crippen LogP contribution in [0.15, 0.2) is 61.4 Å². The van der Waals surface area contributed by atoms with Crippen molar-refractivity contribution in [3.63, 3.8) is 0 Å². The molecule has 1 saturated heterocycles. The zero-order valence-electron chi connectivity index (χ0n) is 18.6. The molecule has 6 heterocycles. The first kappa shape index (κ1) is 21.3. The van der Waals surface area contributed by atoms with Gasteiger partial charge in [-0.3, -0.25) is 14.1 Å². The number of nitrogens with zero attached hydrogens (tertiary/aromatic N) is 9. The van der Waals surface area contributed by atoms with Crippen molar-refractivity contribution >= 4 is 26.7 Å². The zero-order chi connectivity index (χ0) is 24.2. The molecule has 0 aromatic carbocycles. The van der Waals surface area contributed by atoms with Crippen molar-refractivity contribution in [1.82, 2.24) is 38.4 Å². The summed E-state index contributed by atoms with van der Waals surface area (Å²) in [6, 6.07) is 9.70. The highest BCUT2D eigenvalue weighted by atomic mass is 32.2. The van der Waals surface area contributed by atoms with E-state index in [1.807, 2.05) is 41.1 Å². The van der Waals surface area contributed by atoms with Crippen LogP contribution in [0.1, 0.15) is 6.42 Å². The third kappa shape index (κ3) is 3.52. The molecule has 1 aliphatic heterocycles. The topological polar surface area (TPSA) is 135 Å². The Labute approximate surface area is 200 Å². The molecule has 0 unspecified atom stereocenters. The minimum Gasteiger partial charge on any atom is -0.291 e. The molecular weight excluding hydrogens is 466 g/mol. The number of pyridine rings is 2. The molecule has 0 amide bonds. The Kier molecular flexibility index (Phi) is 4.67. The number of hydrogen-bond acceptors (Lipinski definition) is 8. The highest BCUT2D eigenvalue weighted by molar-refractivity contribution is 7.88. The minimum atomic E-state index is -3.34. The van der Waals surface area contributed by atoms with Crippen molar-refractivity contribution in [3.05, 3.63) is 61.4 Å². The molecule has 11 nitrogen and oxygen atoms in total. The fourth-order valence-electron chi connectivity index (χ4n) is 4.41. The van der Waals surface area contributed by atoms with Crippen LogP contribution in [0.3, 0.4) is 0 Å². The molecule has 0 spiro atoms. The summed E-state index contributed by atoms with van der Waals surface area (Å²) >= 11 is 0. The van der Waals surface area contributed by atoms with Gasteiger partial charge in [-0.2, -0.15) is 14.7 Å². The zero-order valence-corrected chi connectivity index (χ0v) is 19.5. The maximum Gasteiger partial charge on any atom is 0.233 e. The lowest BCUT2D eigenvalue weighted by atomic mass is 9.89. The van der Waals surface area contributed by atoms with Crippen molar-refractivity contribution in [2.24, 2.45) is 0 Å². The van der Waals surface area contributed by atoms with Gasteiger partial charge in [-0.25, -0.2) is 23.4 Å². The highest BCUT2D eigenvalue weighted by Gasteiger charge is 2.49. The average Bonchev–Trinajstić information content (AvgIpc) is 3.49. The summed E-state index contributed by atoms with van der Waals surface area (Å²) in [4.78, 5) is 18.0. The summed E-state index contributed by atoms with van der Waals surface area (Å²) in [7, 11) is -3.34. The standard InChI is InChI=1S/C23H19N9O2S/c1-35(33,34)31-14-23(15-31,5-6-24)32-9-4-18(29-32)21-17-3-2-7-25-20(17)11-19(28-21)16-12-27-22-26-8-10-30(22)13-16/h2-4,7-13H,5,14-15H2,1H3. The summed E-state index contributed by atoms with van der Waals surface area (Å²) in [5.41, 5.74) is 2.78. The number of hydrogen-bond donors (Lipinski definition) is 0. The van der Waals surface area contributed by atoms with Crippen LogP contribution in [0, 0.1) is 11.3 Å². The largest absolute Gasteiger partial charge is 0.291 e. The summed E-state index contributed by atoms with van der Waals surface area (Å²) in [6.45, 7) is 0.403. The van der Waals surface area contributed by atoms with Crippen LogP contribution in [-0.4, -0.2) is 66.2 Å². The molecule has 0 bridgehead atoms. The van der Waals surface area contributed by atoms with E-state index < -0.39 is 15.6 Å². The van der Waals surface area contributed by atoms with Crippen LogP contribution in [0.5, 0.6) is 0 Å². The first-order chi connectivity index (χ1) is 16.9. The van der Waals surface area contributed by atoms with Gasteiger partial charge < -0.3 is 0 Å². The second-order valence-corrected chi connectivity index (χ2v) is 10.6. The fraction of sp³-hybridized carbons (Fsp3) is 0.217. The van der Waals surface area contributed by atoms with Crippen LogP contribution in [-0.2, 0) is 15.6 Å². The van der Waals surface area contributed by atoms with Crippen LogP contribution in [0.4, 0.5) is 0 Å². The van der Waals surface area contributed by atoms with Gasteiger partial charge in [-0.1, -0.05) is 0 Å². The molecule has 1 aliphatic rings. The van der Waals surface area contributed by atoms with Crippen LogP contribution < -0.4 is 0 Å². The van der Waals surface area contributed by atoms with Gasteiger partial charge in [0.2, 0.25) is 15.8 Å². The van der Waals surface area contributed by atoms with Crippen molar-refractivity contribution < 1.29 is 8.42 Å². The lowest BCUT2D eigenvalue weighted by molar-refractivity contribution is 0.0726. The van der Waals surface area contributed by atoms with Crippen molar-refractivity contribution in [3.8, 4) is 28.7 Å². The molecule has 0 N–H and O–H groups in total. The molecular formula is C23H19N9O2S. The minimum absolute atomic E-state index is 0.145. The number of rotatable bonds is 5. The molecule has 174 valence electrons. The van der Waals surface area contributed by atoms with Gasteiger partial charge in [-0.05, 0) is 24.3 Å². The van der Waals surface area contributed by atoms with Gasteiger partial charge in [0.05, 0.1) is 30.0 Å². The molecule has 5 aromatic heterocycles. The van der Waals surface area contributed by atoms with Gasteiger partial charge >= 0.3 is 0 Å². The van der Waals surface area contributed by atoms with E-state index in [0.29, 0.717) is 22.9 Å². The predicted molar refractivity (Wildman–Crippen MR) is 127 cm³/mol. The smallest absolute Gasteiger partial charge is 0.233 e. The second-order valence-electron chi connectivity index (χ2n) is 8.64. The Morgan fingerprint density at radius 3 is 2.77 bits per heavy atom. The first-order valence-corrected chi connectivity index (χ1v) is 12.6. The molecule has 35 heavy (non-hydrogen) atoms. The van der Waals surface area contributed by atoms with Crippen LogP contribution in [0.25, 0.3) is 39.3 Å². The Bertz CT molecular complexity index is 1740. The van der Waals surface area contributed by atoms with Crippen molar-refractivity contribution in [1.29, 1.82) is 5.26 Å². The fourth-order valence-corrected chi connectivity index (χ4v) is 5.36. The van der Waals surface area contributed by atoms with Gasteiger partial charge in [0, 0.05) is 61.2 Å². The number of sulfonamides is 1. The normalized spacial score (nSPS) is 15.8. The van der Waals surface area contributed by atoms with Gasteiger partial charge in [0.25, 0.3) is 0 Å².